The number of carbonyl (C=O) groups excluding carboxylic acids is 1. The van der Waals surface area contributed by atoms with E-state index in [1.54, 1.807) is 6.08 Å². The van der Waals surface area contributed by atoms with E-state index < -0.39 is 20.0 Å². The summed E-state index contributed by atoms with van der Waals surface area (Å²) in [6.07, 6.45) is 69.4. The molecule has 1 amide bonds. The number of aliphatic hydroxyl groups is 1. The largest absolute Gasteiger partial charge is 0.756 e. The van der Waals surface area contributed by atoms with Crippen LogP contribution in [-0.4, -0.2) is 68.5 Å². The van der Waals surface area contributed by atoms with E-state index in [1.807, 2.05) is 27.2 Å². The van der Waals surface area contributed by atoms with Crippen LogP contribution in [0, 0.1) is 0 Å². The minimum absolute atomic E-state index is 0.00596. The fraction of sp³-hybridized carbons (Fsp3) is 0.667. The predicted molar refractivity (Wildman–Crippen MR) is 283 cm³/mol. The zero-order valence-electron chi connectivity index (χ0n) is 42.9. The Bertz CT molecular complexity index is 1440. The lowest BCUT2D eigenvalue weighted by molar-refractivity contribution is -0.870. The maximum Gasteiger partial charge on any atom is 0.268 e. The fourth-order valence-electron chi connectivity index (χ4n) is 6.87. The van der Waals surface area contributed by atoms with Gasteiger partial charge in [0.25, 0.3) is 7.82 Å². The van der Waals surface area contributed by atoms with Crippen LogP contribution in [0.15, 0.2) is 109 Å². The molecule has 8 nitrogen and oxygen atoms in total. The molecule has 3 atom stereocenters. The van der Waals surface area contributed by atoms with Gasteiger partial charge in [-0.15, -0.1) is 0 Å². The number of nitrogens with zero attached hydrogens (tertiary/aromatic N) is 1. The number of aliphatic hydroxyl groups excluding tert-OH is 1. The Balaban J connectivity index is 3.86. The summed E-state index contributed by atoms with van der Waals surface area (Å²) >= 11 is 0. The van der Waals surface area contributed by atoms with E-state index in [1.165, 1.54) is 77.0 Å². The Hall–Kier alpha value is -2.84. The number of allylic oxidation sites excluding steroid dienone is 17. The number of carbonyl (C=O) groups is 1. The third kappa shape index (κ3) is 49.1. The van der Waals surface area contributed by atoms with Crippen LogP contribution in [0.3, 0.4) is 0 Å². The summed E-state index contributed by atoms with van der Waals surface area (Å²) in [6.45, 7) is 4.39. The zero-order chi connectivity index (χ0) is 48.5. The Labute approximate surface area is 406 Å². The fourth-order valence-corrected chi connectivity index (χ4v) is 7.60. The number of amides is 1. The first-order valence-electron chi connectivity index (χ1n) is 26.2. The van der Waals surface area contributed by atoms with Crippen molar-refractivity contribution in [2.75, 3.05) is 40.9 Å². The highest BCUT2D eigenvalue weighted by Crippen LogP contribution is 2.38. The summed E-state index contributed by atoms with van der Waals surface area (Å²) in [5.74, 6) is -0.210. The molecule has 0 heterocycles. The highest BCUT2D eigenvalue weighted by molar-refractivity contribution is 7.45. The monoisotopic (exact) mass is 939 g/mol. The molecule has 0 saturated heterocycles. The molecule has 0 aliphatic heterocycles. The third-order valence-corrected chi connectivity index (χ3v) is 12.0. The molecule has 0 radical (unpaired) electrons. The predicted octanol–water partition coefficient (Wildman–Crippen LogP) is 15.0. The van der Waals surface area contributed by atoms with Crippen LogP contribution in [0.1, 0.15) is 194 Å². The van der Waals surface area contributed by atoms with Gasteiger partial charge in [-0.25, -0.2) is 0 Å². The standard InChI is InChI=1S/C57H99N2O6P/c1-6-8-10-12-13-14-15-16-17-18-19-20-21-22-23-24-25-26-27-28-29-30-31-32-33-34-35-36-37-38-39-40-41-42-43-44-45-47-49-51-57(61)58-55(56(60)50-48-46-11-9-7-2)54-65-66(62,63)64-53-52-59(3,4)5/h8,10,13-14,16-17,19-20,22-23,25-26,28-29,31-32,48,50,55-56,60H,6-7,9,11-12,15,18,21,24,27,30,33-47,49,51-54H2,1-5H3,(H-,58,61,62,63)/b10-8-,14-13-,17-16-,20-19-,23-22-,26-25-,29-28-,32-31-,50-48+. The number of quaternary nitrogens is 1. The number of likely N-dealkylation sites (N-methyl/N-ethyl adjacent to an activating group) is 1. The smallest absolute Gasteiger partial charge is 0.268 e. The van der Waals surface area contributed by atoms with Crippen molar-refractivity contribution in [3.8, 4) is 0 Å². The average Bonchev–Trinajstić information content (AvgIpc) is 3.27. The molecule has 0 aromatic rings. The number of hydrogen-bond donors (Lipinski definition) is 2. The maximum absolute atomic E-state index is 12.8. The highest BCUT2D eigenvalue weighted by Gasteiger charge is 2.23. The van der Waals surface area contributed by atoms with Crippen LogP contribution in [0.5, 0.6) is 0 Å². The van der Waals surface area contributed by atoms with Crippen molar-refractivity contribution in [2.45, 2.75) is 206 Å². The van der Waals surface area contributed by atoms with Gasteiger partial charge >= 0.3 is 0 Å². The molecular formula is C57H99N2O6P. The van der Waals surface area contributed by atoms with Gasteiger partial charge in [0.15, 0.2) is 0 Å². The first-order chi connectivity index (χ1) is 32.0. The maximum atomic E-state index is 12.8. The van der Waals surface area contributed by atoms with Crippen LogP contribution in [-0.2, 0) is 18.4 Å². The summed E-state index contributed by atoms with van der Waals surface area (Å²) in [7, 11) is 1.24. The Morgan fingerprint density at radius 2 is 0.924 bits per heavy atom. The number of phosphoric ester groups is 1. The molecule has 66 heavy (non-hydrogen) atoms. The van der Waals surface area contributed by atoms with E-state index in [-0.39, 0.29) is 19.1 Å². The van der Waals surface area contributed by atoms with Crippen LogP contribution >= 0.6 is 7.82 Å². The van der Waals surface area contributed by atoms with Gasteiger partial charge in [0.2, 0.25) is 5.91 Å². The van der Waals surface area contributed by atoms with Crippen molar-refractivity contribution >= 4 is 13.7 Å². The number of phosphoric acid groups is 1. The molecule has 0 aromatic heterocycles. The van der Waals surface area contributed by atoms with E-state index in [9.17, 15) is 19.4 Å². The quantitative estimate of drug-likeness (QED) is 0.0272. The van der Waals surface area contributed by atoms with Gasteiger partial charge in [0.05, 0.1) is 39.9 Å². The summed E-state index contributed by atoms with van der Waals surface area (Å²) in [6, 6.07) is -0.888. The van der Waals surface area contributed by atoms with E-state index in [0.717, 1.165) is 96.3 Å². The molecule has 0 aliphatic carbocycles. The lowest BCUT2D eigenvalue weighted by Gasteiger charge is -2.29. The molecule has 2 N–H and O–H groups in total. The number of rotatable bonds is 46. The molecule has 0 fully saturated rings. The summed E-state index contributed by atoms with van der Waals surface area (Å²) in [5.41, 5.74) is 0. The van der Waals surface area contributed by atoms with Crippen LogP contribution < -0.4 is 10.2 Å². The van der Waals surface area contributed by atoms with Crippen LogP contribution in [0.25, 0.3) is 0 Å². The minimum Gasteiger partial charge on any atom is -0.756 e. The number of hydrogen-bond acceptors (Lipinski definition) is 6. The molecule has 9 heteroatoms. The van der Waals surface area contributed by atoms with Crippen molar-refractivity contribution in [3.63, 3.8) is 0 Å². The van der Waals surface area contributed by atoms with E-state index in [2.05, 4.69) is 116 Å². The number of nitrogens with one attached hydrogen (secondary N) is 1. The lowest BCUT2D eigenvalue weighted by Crippen LogP contribution is -2.45. The van der Waals surface area contributed by atoms with E-state index >= 15 is 0 Å². The van der Waals surface area contributed by atoms with Crippen LogP contribution in [0.4, 0.5) is 0 Å². The molecule has 0 aliphatic rings. The second-order valence-electron chi connectivity index (χ2n) is 18.5. The van der Waals surface area contributed by atoms with Gasteiger partial charge in [0.1, 0.15) is 13.2 Å². The Morgan fingerprint density at radius 3 is 1.35 bits per heavy atom. The van der Waals surface area contributed by atoms with Gasteiger partial charge in [-0.05, 0) is 83.5 Å². The zero-order valence-corrected chi connectivity index (χ0v) is 43.7. The number of unbranched alkanes of at least 4 members (excludes halogenated alkanes) is 17. The molecule has 0 aromatic carbocycles. The molecule has 0 spiro atoms. The van der Waals surface area contributed by atoms with Gasteiger partial charge in [-0.2, -0.15) is 0 Å². The van der Waals surface area contributed by atoms with Gasteiger partial charge in [-0.3, -0.25) is 9.36 Å². The molecule has 0 bridgehead atoms. The van der Waals surface area contributed by atoms with Gasteiger partial charge in [-0.1, -0.05) is 213 Å². The third-order valence-electron chi connectivity index (χ3n) is 11.0. The lowest BCUT2D eigenvalue weighted by atomic mass is 10.0. The second-order valence-corrected chi connectivity index (χ2v) is 19.9. The molecule has 0 saturated carbocycles. The Kier molecular flexibility index (Phi) is 45.2. The average molecular weight is 939 g/mol. The summed E-state index contributed by atoms with van der Waals surface area (Å²) < 4.78 is 23.0. The van der Waals surface area contributed by atoms with Crippen molar-refractivity contribution in [2.24, 2.45) is 0 Å². The molecular weight excluding hydrogens is 840 g/mol. The van der Waals surface area contributed by atoms with Crippen LogP contribution in [0.2, 0.25) is 0 Å². The molecule has 0 rings (SSSR count). The summed E-state index contributed by atoms with van der Waals surface area (Å²) in [4.78, 5) is 25.1. The van der Waals surface area contributed by atoms with Crippen molar-refractivity contribution in [1.29, 1.82) is 0 Å². The first-order valence-corrected chi connectivity index (χ1v) is 27.7. The molecule has 378 valence electrons. The van der Waals surface area contributed by atoms with Crippen molar-refractivity contribution in [1.82, 2.24) is 5.32 Å². The van der Waals surface area contributed by atoms with Gasteiger partial charge in [0, 0.05) is 6.42 Å². The van der Waals surface area contributed by atoms with Gasteiger partial charge < -0.3 is 28.8 Å². The molecule has 3 unspecified atom stereocenters. The van der Waals surface area contributed by atoms with Crippen molar-refractivity contribution in [3.05, 3.63) is 109 Å². The normalized spacial score (nSPS) is 15.0. The Morgan fingerprint density at radius 1 is 0.545 bits per heavy atom. The topological polar surface area (TPSA) is 108 Å². The highest BCUT2D eigenvalue weighted by atomic mass is 31.2. The van der Waals surface area contributed by atoms with Crippen molar-refractivity contribution < 1.29 is 32.9 Å². The SMILES string of the molecule is CC/C=C\C/C=C\C/C=C\C/C=C\C/C=C\C/C=C\C/C=C\C/C=C\CCCCCCCCCCCCCCCCC(=O)NC(COP(=O)([O-])OCC[N+](C)(C)C)C(O)/C=C/CCCCC. The second kappa shape index (κ2) is 47.2. The van der Waals surface area contributed by atoms with E-state index in [4.69, 9.17) is 9.05 Å². The van der Waals surface area contributed by atoms with E-state index in [0.29, 0.717) is 17.4 Å². The first kappa shape index (κ1) is 63.2. The minimum atomic E-state index is -4.58. The summed E-state index contributed by atoms with van der Waals surface area (Å²) in [5, 5.41) is 13.6.